The van der Waals surface area contributed by atoms with Crippen molar-refractivity contribution in [2.45, 2.75) is 18.9 Å². The van der Waals surface area contributed by atoms with Crippen molar-refractivity contribution in [1.29, 1.82) is 0 Å². The number of carbonyl (C=O) groups is 1. The van der Waals surface area contributed by atoms with Gasteiger partial charge >= 0.3 is 0 Å². The molecule has 1 aliphatic rings. The van der Waals surface area contributed by atoms with Crippen LogP contribution in [0.5, 0.6) is 0 Å². The summed E-state index contributed by atoms with van der Waals surface area (Å²) in [6.45, 7) is 2.54. The summed E-state index contributed by atoms with van der Waals surface area (Å²) in [4.78, 5) is 18.3. The molecule has 0 spiro atoms. The van der Waals surface area contributed by atoms with Crippen LogP contribution < -0.4 is 15.5 Å². The van der Waals surface area contributed by atoms with E-state index in [2.05, 4.69) is 26.4 Å². The fourth-order valence-corrected chi connectivity index (χ4v) is 2.32. The molecule has 5 nitrogen and oxygen atoms in total. The summed E-state index contributed by atoms with van der Waals surface area (Å²) in [6, 6.07) is 6.17. The predicted octanol–water partition coefficient (Wildman–Crippen LogP) is 0.389. The number of terminal acetylenes is 1. The first-order chi connectivity index (χ1) is 9.79. The van der Waals surface area contributed by atoms with Crippen LogP contribution in [0, 0.1) is 12.3 Å². The fraction of sp³-hybridized carbons (Fsp3) is 0.467. The molecular weight excluding hydrogens is 252 g/mol. The number of nitrogens with one attached hydrogen (secondary N) is 2. The van der Waals surface area contributed by atoms with Gasteiger partial charge in [0, 0.05) is 25.3 Å². The first kappa shape index (κ1) is 14.4. The van der Waals surface area contributed by atoms with Crippen LogP contribution in [0.1, 0.15) is 12.8 Å². The molecule has 1 aromatic heterocycles. The average molecular weight is 272 g/mol. The average Bonchev–Trinajstić information content (AvgIpc) is 2.49. The van der Waals surface area contributed by atoms with Crippen LogP contribution in [-0.4, -0.2) is 43.1 Å². The summed E-state index contributed by atoms with van der Waals surface area (Å²) < 4.78 is 0. The molecule has 0 atom stereocenters. The second kappa shape index (κ2) is 7.51. The third kappa shape index (κ3) is 4.25. The number of nitrogens with zero attached hydrogens (tertiary/aromatic N) is 2. The van der Waals surface area contributed by atoms with Crippen LogP contribution in [0.2, 0.25) is 0 Å². The van der Waals surface area contributed by atoms with E-state index in [9.17, 15) is 4.79 Å². The Morgan fingerprint density at radius 3 is 2.90 bits per heavy atom. The van der Waals surface area contributed by atoms with E-state index in [4.69, 9.17) is 6.42 Å². The van der Waals surface area contributed by atoms with Crippen molar-refractivity contribution >= 4 is 11.7 Å². The van der Waals surface area contributed by atoms with Crippen molar-refractivity contribution in [3.8, 4) is 12.3 Å². The van der Waals surface area contributed by atoms with Crippen molar-refractivity contribution in [2.24, 2.45) is 0 Å². The zero-order valence-electron chi connectivity index (χ0n) is 11.5. The Morgan fingerprint density at radius 2 is 2.25 bits per heavy atom. The van der Waals surface area contributed by atoms with Gasteiger partial charge in [-0.05, 0) is 25.0 Å². The Hall–Kier alpha value is -2.06. The van der Waals surface area contributed by atoms with Crippen LogP contribution in [0.3, 0.4) is 0 Å². The number of hydrogen-bond acceptors (Lipinski definition) is 4. The lowest BCUT2D eigenvalue weighted by molar-refractivity contribution is -0.121. The summed E-state index contributed by atoms with van der Waals surface area (Å²) >= 11 is 0. The summed E-state index contributed by atoms with van der Waals surface area (Å²) in [5.41, 5.74) is 0. The monoisotopic (exact) mass is 272 g/mol. The number of aromatic nitrogens is 1. The quantitative estimate of drug-likeness (QED) is 0.601. The van der Waals surface area contributed by atoms with Crippen molar-refractivity contribution in [2.75, 3.05) is 31.1 Å². The van der Waals surface area contributed by atoms with Crippen molar-refractivity contribution < 1.29 is 4.79 Å². The van der Waals surface area contributed by atoms with E-state index >= 15 is 0 Å². The van der Waals surface area contributed by atoms with E-state index in [0.29, 0.717) is 6.54 Å². The van der Waals surface area contributed by atoms with E-state index in [1.165, 1.54) is 0 Å². The van der Waals surface area contributed by atoms with Gasteiger partial charge in [-0.25, -0.2) is 4.98 Å². The zero-order chi connectivity index (χ0) is 14.2. The number of hydrogen-bond donors (Lipinski definition) is 2. The van der Waals surface area contributed by atoms with Gasteiger partial charge in [0.25, 0.3) is 0 Å². The first-order valence-corrected chi connectivity index (χ1v) is 6.89. The molecule has 0 aliphatic carbocycles. The summed E-state index contributed by atoms with van der Waals surface area (Å²) in [6.07, 6.45) is 8.80. The van der Waals surface area contributed by atoms with Crippen LogP contribution in [-0.2, 0) is 4.79 Å². The van der Waals surface area contributed by atoms with Crippen molar-refractivity contribution in [3.05, 3.63) is 24.4 Å². The molecule has 20 heavy (non-hydrogen) atoms. The number of rotatable bonds is 5. The largest absolute Gasteiger partial charge is 0.356 e. The van der Waals surface area contributed by atoms with E-state index in [0.717, 1.165) is 31.7 Å². The molecule has 2 N–H and O–H groups in total. The Kier molecular flexibility index (Phi) is 5.39. The molecule has 0 bridgehead atoms. The summed E-state index contributed by atoms with van der Waals surface area (Å²) in [5, 5.41) is 5.92. The third-order valence-electron chi connectivity index (χ3n) is 3.35. The van der Waals surface area contributed by atoms with E-state index in [-0.39, 0.29) is 18.5 Å². The lowest BCUT2D eigenvalue weighted by atomic mass is 10.0. The molecule has 0 saturated carbocycles. The maximum Gasteiger partial charge on any atom is 0.234 e. The Morgan fingerprint density at radius 1 is 1.45 bits per heavy atom. The Bertz CT molecular complexity index is 461. The molecular formula is C15H20N4O. The maximum absolute atomic E-state index is 11.7. The van der Waals surface area contributed by atoms with Gasteiger partial charge in [-0.2, -0.15) is 0 Å². The van der Waals surface area contributed by atoms with Gasteiger partial charge in [0.1, 0.15) is 5.82 Å². The molecule has 2 rings (SSSR count). The molecule has 0 aromatic carbocycles. The number of amides is 1. The van der Waals surface area contributed by atoms with Gasteiger partial charge in [0.05, 0.1) is 13.1 Å². The minimum absolute atomic E-state index is 0.0107. The molecule has 1 aromatic rings. The summed E-state index contributed by atoms with van der Waals surface area (Å²) in [7, 11) is 0. The van der Waals surface area contributed by atoms with E-state index in [1.54, 1.807) is 6.20 Å². The SMILES string of the molecule is C#CCNCC(=O)NC1CCN(c2ccccn2)CC1. The first-order valence-electron chi connectivity index (χ1n) is 6.89. The van der Waals surface area contributed by atoms with Gasteiger partial charge < -0.3 is 10.2 Å². The van der Waals surface area contributed by atoms with Crippen LogP contribution in [0.15, 0.2) is 24.4 Å². The highest BCUT2D eigenvalue weighted by atomic mass is 16.1. The maximum atomic E-state index is 11.7. The molecule has 1 aliphatic heterocycles. The Balaban J connectivity index is 1.72. The number of pyridine rings is 1. The highest BCUT2D eigenvalue weighted by molar-refractivity contribution is 5.78. The molecule has 1 fully saturated rings. The molecule has 2 heterocycles. The lowest BCUT2D eigenvalue weighted by Gasteiger charge is -2.33. The molecule has 5 heteroatoms. The number of anilines is 1. The second-order valence-corrected chi connectivity index (χ2v) is 4.82. The van der Waals surface area contributed by atoms with Crippen molar-refractivity contribution in [3.63, 3.8) is 0 Å². The minimum Gasteiger partial charge on any atom is -0.356 e. The van der Waals surface area contributed by atoms with Gasteiger partial charge in [-0.15, -0.1) is 6.42 Å². The van der Waals surface area contributed by atoms with E-state index < -0.39 is 0 Å². The molecule has 0 unspecified atom stereocenters. The van der Waals surface area contributed by atoms with Gasteiger partial charge in [-0.1, -0.05) is 12.0 Å². The number of carbonyl (C=O) groups excluding carboxylic acids is 1. The minimum atomic E-state index is 0.0107. The zero-order valence-corrected chi connectivity index (χ0v) is 11.5. The Labute approximate surface area is 119 Å². The lowest BCUT2D eigenvalue weighted by Crippen LogP contribution is -2.47. The second-order valence-electron chi connectivity index (χ2n) is 4.82. The third-order valence-corrected chi connectivity index (χ3v) is 3.35. The normalized spacial score (nSPS) is 15.7. The van der Waals surface area contributed by atoms with Crippen molar-refractivity contribution in [1.82, 2.24) is 15.6 Å². The molecule has 1 amide bonds. The van der Waals surface area contributed by atoms with Gasteiger partial charge in [-0.3, -0.25) is 10.1 Å². The topological polar surface area (TPSA) is 57.3 Å². The molecule has 106 valence electrons. The molecule has 0 radical (unpaired) electrons. The van der Waals surface area contributed by atoms with Crippen LogP contribution >= 0.6 is 0 Å². The fourth-order valence-electron chi connectivity index (χ4n) is 2.32. The standard InChI is InChI=1S/C15H20N4O/c1-2-8-16-12-15(20)18-13-6-10-19(11-7-13)14-5-3-4-9-17-14/h1,3-5,9,13,16H,6-8,10-12H2,(H,18,20). The molecule has 1 saturated heterocycles. The predicted molar refractivity (Wildman–Crippen MR) is 79.3 cm³/mol. The number of piperidine rings is 1. The smallest absolute Gasteiger partial charge is 0.234 e. The highest BCUT2D eigenvalue weighted by Gasteiger charge is 2.20. The van der Waals surface area contributed by atoms with Crippen LogP contribution in [0.25, 0.3) is 0 Å². The van der Waals surface area contributed by atoms with E-state index in [1.807, 2.05) is 18.2 Å². The highest BCUT2D eigenvalue weighted by Crippen LogP contribution is 2.16. The summed E-state index contributed by atoms with van der Waals surface area (Å²) in [5.74, 6) is 3.46. The van der Waals surface area contributed by atoms with Gasteiger partial charge in [0.15, 0.2) is 0 Å². The van der Waals surface area contributed by atoms with Crippen LogP contribution in [0.4, 0.5) is 5.82 Å². The van der Waals surface area contributed by atoms with Gasteiger partial charge in [0.2, 0.25) is 5.91 Å².